The van der Waals surface area contributed by atoms with Crippen molar-refractivity contribution in [3.8, 4) is 0 Å². The lowest BCUT2D eigenvalue weighted by Crippen LogP contribution is -2.37. The number of fused-ring (bicyclic) bond motifs is 1. The molecule has 2 atom stereocenters. The molecule has 5 heteroatoms. The highest BCUT2D eigenvalue weighted by Gasteiger charge is 2.21. The Morgan fingerprint density at radius 3 is 2.76 bits per heavy atom. The number of anilines is 1. The summed E-state index contributed by atoms with van der Waals surface area (Å²) in [6.07, 6.45) is 6.48. The smallest absolute Gasteiger partial charge is 0.226 e. The molecule has 0 bridgehead atoms. The topological polar surface area (TPSA) is 61.3 Å². The van der Waals surface area contributed by atoms with Crippen LogP contribution in [0, 0.1) is 13.8 Å². The average Bonchev–Trinajstić information content (AvgIpc) is 2.85. The second kappa shape index (κ2) is 9.40. The molecular formula is C24H38N4O. The normalized spacial score (nSPS) is 19.4. The predicted octanol–water partition coefficient (Wildman–Crippen LogP) is 4.52. The zero-order chi connectivity index (χ0) is 21.0. The maximum absolute atomic E-state index is 9.89. The van der Waals surface area contributed by atoms with Gasteiger partial charge in [0.15, 0.2) is 0 Å². The molecule has 29 heavy (non-hydrogen) atoms. The van der Waals surface area contributed by atoms with E-state index in [1.165, 1.54) is 12.0 Å². The van der Waals surface area contributed by atoms with Crippen molar-refractivity contribution in [1.29, 1.82) is 0 Å². The van der Waals surface area contributed by atoms with Crippen LogP contribution in [0.3, 0.4) is 0 Å². The molecule has 2 unspecified atom stereocenters. The van der Waals surface area contributed by atoms with Crippen LogP contribution in [0.4, 0.5) is 5.95 Å². The summed E-state index contributed by atoms with van der Waals surface area (Å²) in [5.41, 5.74) is 2.79. The molecule has 0 amide bonds. The number of hydrogen-bond acceptors (Lipinski definition) is 5. The lowest BCUT2D eigenvalue weighted by Gasteiger charge is -2.24. The van der Waals surface area contributed by atoms with E-state index >= 15 is 0 Å². The second-order valence-corrected chi connectivity index (χ2v) is 9.52. The SMILES string of the molecule is Cc1ccc2c(C)nc(N3CCCC(NC(C)CCCC(C)(C)O)CC3)nc2c1. The maximum atomic E-state index is 9.89. The Morgan fingerprint density at radius 1 is 1.21 bits per heavy atom. The van der Waals surface area contributed by atoms with E-state index in [-0.39, 0.29) is 0 Å². The molecular weight excluding hydrogens is 360 g/mol. The van der Waals surface area contributed by atoms with Gasteiger partial charge in [0.05, 0.1) is 16.8 Å². The molecule has 5 nitrogen and oxygen atoms in total. The van der Waals surface area contributed by atoms with Crippen molar-refractivity contribution >= 4 is 16.9 Å². The first-order valence-electron chi connectivity index (χ1n) is 11.2. The van der Waals surface area contributed by atoms with E-state index in [2.05, 4.69) is 49.2 Å². The number of aliphatic hydroxyl groups is 1. The molecule has 1 aliphatic rings. The second-order valence-electron chi connectivity index (χ2n) is 9.52. The lowest BCUT2D eigenvalue weighted by molar-refractivity contribution is 0.0674. The number of hydrogen-bond donors (Lipinski definition) is 2. The summed E-state index contributed by atoms with van der Waals surface area (Å²) in [7, 11) is 0. The summed E-state index contributed by atoms with van der Waals surface area (Å²) < 4.78 is 0. The third-order valence-corrected chi connectivity index (χ3v) is 5.99. The minimum Gasteiger partial charge on any atom is -0.390 e. The molecule has 0 saturated carbocycles. The van der Waals surface area contributed by atoms with Crippen LogP contribution >= 0.6 is 0 Å². The van der Waals surface area contributed by atoms with Gasteiger partial charge in [0.2, 0.25) is 5.95 Å². The number of aryl methyl sites for hydroxylation is 2. The zero-order valence-corrected chi connectivity index (χ0v) is 18.8. The van der Waals surface area contributed by atoms with Crippen LogP contribution in [0.5, 0.6) is 0 Å². The fourth-order valence-electron chi connectivity index (χ4n) is 4.31. The monoisotopic (exact) mass is 398 g/mol. The van der Waals surface area contributed by atoms with E-state index in [0.717, 1.165) is 67.7 Å². The molecule has 0 aliphatic carbocycles. The Labute approximate surface area is 175 Å². The van der Waals surface area contributed by atoms with E-state index < -0.39 is 5.60 Å². The Balaban J connectivity index is 1.58. The van der Waals surface area contributed by atoms with E-state index in [9.17, 15) is 5.11 Å². The van der Waals surface area contributed by atoms with Crippen molar-refractivity contribution < 1.29 is 5.11 Å². The van der Waals surface area contributed by atoms with Gasteiger partial charge in [-0.25, -0.2) is 9.97 Å². The van der Waals surface area contributed by atoms with Gasteiger partial charge in [0, 0.05) is 30.6 Å². The van der Waals surface area contributed by atoms with Crippen LogP contribution in [0.2, 0.25) is 0 Å². The van der Waals surface area contributed by atoms with Crippen LogP contribution in [0.15, 0.2) is 18.2 Å². The van der Waals surface area contributed by atoms with Crippen LogP contribution in [0.25, 0.3) is 10.9 Å². The molecule has 1 aromatic carbocycles. The molecule has 2 N–H and O–H groups in total. The first-order valence-corrected chi connectivity index (χ1v) is 11.2. The molecule has 1 fully saturated rings. The summed E-state index contributed by atoms with van der Waals surface area (Å²) in [4.78, 5) is 12.1. The van der Waals surface area contributed by atoms with Gasteiger partial charge in [-0.3, -0.25) is 0 Å². The summed E-state index contributed by atoms with van der Waals surface area (Å²) in [5, 5.41) is 14.9. The van der Waals surface area contributed by atoms with Crippen molar-refractivity contribution in [1.82, 2.24) is 15.3 Å². The number of nitrogens with zero attached hydrogens (tertiary/aromatic N) is 3. The van der Waals surface area contributed by atoms with E-state index in [1.807, 2.05) is 13.8 Å². The van der Waals surface area contributed by atoms with Gasteiger partial charge in [-0.1, -0.05) is 12.1 Å². The van der Waals surface area contributed by atoms with Crippen molar-refractivity contribution in [2.45, 2.75) is 90.8 Å². The van der Waals surface area contributed by atoms with Crippen LogP contribution < -0.4 is 10.2 Å². The van der Waals surface area contributed by atoms with E-state index in [0.29, 0.717) is 12.1 Å². The Kier molecular flexibility index (Phi) is 7.12. The Hall–Kier alpha value is -1.72. The lowest BCUT2D eigenvalue weighted by atomic mass is 9.99. The van der Waals surface area contributed by atoms with Crippen LogP contribution in [-0.4, -0.2) is 45.8 Å². The number of benzene rings is 1. The van der Waals surface area contributed by atoms with Crippen molar-refractivity contribution in [3.05, 3.63) is 29.5 Å². The highest BCUT2D eigenvalue weighted by atomic mass is 16.3. The molecule has 1 saturated heterocycles. The fourth-order valence-corrected chi connectivity index (χ4v) is 4.31. The van der Waals surface area contributed by atoms with Crippen molar-refractivity contribution in [2.75, 3.05) is 18.0 Å². The van der Waals surface area contributed by atoms with Gasteiger partial charge in [0.1, 0.15) is 0 Å². The third kappa shape index (κ3) is 6.38. The molecule has 0 radical (unpaired) electrons. The minimum absolute atomic E-state index is 0.482. The Bertz CT molecular complexity index is 814. The largest absolute Gasteiger partial charge is 0.390 e. The molecule has 0 spiro atoms. The maximum Gasteiger partial charge on any atom is 0.226 e. The van der Waals surface area contributed by atoms with Gasteiger partial charge >= 0.3 is 0 Å². The summed E-state index contributed by atoms with van der Waals surface area (Å²) in [5.74, 6) is 0.875. The van der Waals surface area contributed by atoms with Gasteiger partial charge in [-0.15, -0.1) is 0 Å². The van der Waals surface area contributed by atoms with Crippen LogP contribution in [-0.2, 0) is 0 Å². The van der Waals surface area contributed by atoms with Gasteiger partial charge in [-0.05, 0) is 84.8 Å². The van der Waals surface area contributed by atoms with Gasteiger partial charge in [-0.2, -0.15) is 0 Å². The number of aromatic nitrogens is 2. The first-order chi connectivity index (χ1) is 13.7. The highest BCUT2D eigenvalue weighted by Crippen LogP contribution is 2.23. The first kappa shape index (κ1) is 22.0. The Morgan fingerprint density at radius 2 is 2.00 bits per heavy atom. The molecule has 1 aliphatic heterocycles. The third-order valence-electron chi connectivity index (χ3n) is 5.99. The standard InChI is InChI=1S/C24H38N4O/c1-17-10-11-21-19(3)26-23(27-22(21)16-17)28-14-7-9-20(12-15-28)25-18(2)8-6-13-24(4,5)29/h10-11,16,18,20,25,29H,6-9,12-15H2,1-5H3. The molecule has 2 heterocycles. The summed E-state index contributed by atoms with van der Waals surface area (Å²) in [6, 6.07) is 7.44. The molecule has 2 aromatic rings. The molecule has 160 valence electrons. The summed E-state index contributed by atoms with van der Waals surface area (Å²) in [6.45, 7) is 12.3. The van der Waals surface area contributed by atoms with E-state index in [1.54, 1.807) is 0 Å². The fraction of sp³-hybridized carbons (Fsp3) is 0.667. The quantitative estimate of drug-likeness (QED) is 0.718. The van der Waals surface area contributed by atoms with Crippen molar-refractivity contribution in [2.24, 2.45) is 0 Å². The molecule has 3 rings (SSSR count). The van der Waals surface area contributed by atoms with Gasteiger partial charge < -0.3 is 15.3 Å². The van der Waals surface area contributed by atoms with Crippen molar-refractivity contribution in [3.63, 3.8) is 0 Å². The number of nitrogens with one attached hydrogen (secondary N) is 1. The molecule has 1 aromatic heterocycles. The zero-order valence-electron chi connectivity index (χ0n) is 18.8. The number of rotatable bonds is 7. The predicted molar refractivity (Wildman–Crippen MR) is 122 cm³/mol. The average molecular weight is 399 g/mol. The summed E-state index contributed by atoms with van der Waals surface area (Å²) >= 11 is 0. The minimum atomic E-state index is -0.556. The van der Waals surface area contributed by atoms with Gasteiger partial charge in [0.25, 0.3) is 0 Å². The van der Waals surface area contributed by atoms with Crippen LogP contribution in [0.1, 0.15) is 70.6 Å². The highest BCUT2D eigenvalue weighted by molar-refractivity contribution is 5.82. The van der Waals surface area contributed by atoms with E-state index in [4.69, 9.17) is 9.97 Å².